The highest BCUT2D eigenvalue weighted by atomic mass is 31.2. The summed E-state index contributed by atoms with van der Waals surface area (Å²) in [4.78, 5) is 35.0. The van der Waals surface area contributed by atoms with E-state index in [1.807, 2.05) is 0 Å². The van der Waals surface area contributed by atoms with Crippen molar-refractivity contribution in [3.05, 3.63) is 36.5 Å². The molecular weight excluding hydrogens is 858 g/mol. The van der Waals surface area contributed by atoms with E-state index in [-0.39, 0.29) is 38.6 Å². The minimum Gasteiger partial charge on any atom is -0.462 e. The SMILES string of the molecule is CCCC/C=C\CCCCCCCC(=O)OCC(COP(=O)(O)OCCN)OC(=O)CCCCCCCCCCCCCCCCCCCCCCCCC/C=C\C/C=C\CCCCCCC. The molecule has 0 rings (SSSR count). The van der Waals surface area contributed by atoms with Crippen LogP contribution in [0.15, 0.2) is 36.5 Å². The largest absolute Gasteiger partial charge is 0.472 e. The molecule has 394 valence electrons. The Labute approximate surface area is 414 Å². The predicted molar refractivity (Wildman–Crippen MR) is 284 cm³/mol. The molecule has 0 heterocycles. The fourth-order valence-electron chi connectivity index (χ4n) is 8.24. The first kappa shape index (κ1) is 65.2. The molecular formula is C57H108NO8P. The van der Waals surface area contributed by atoms with Crippen molar-refractivity contribution >= 4 is 19.8 Å². The van der Waals surface area contributed by atoms with Crippen molar-refractivity contribution in [2.75, 3.05) is 26.4 Å². The molecule has 0 aromatic rings. The van der Waals surface area contributed by atoms with Gasteiger partial charge in [0.15, 0.2) is 6.10 Å². The van der Waals surface area contributed by atoms with Gasteiger partial charge in [0.25, 0.3) is 0 Å². The van der Waals surface area contributed by atoms with Gasteiger partial charge in [-0.1, -0.05) is 243 Å². The third-order valence-electron chi connectivity index (χ3n) is 12.5. The lowest BCUT2D eigenvalue weighted by molar-refractivity contribution is -0.161. The maximum atomic E-state index is 12.7. The van der Waals surface area contributed by atoms with Crippen molar-refractivity contribution in [2.24, 2.45) is 5.73 Å². The number of ether oxygens (including phenoxy) is 2. The number of unbranched alkanes of at least 4 members (excludes halogenated alkanes) is 35. The van der Waals surface area contributed by atoms with Crippen LogP contribution < -0.4 is 5.73 Å². The van der Waals surface area contributed by atoms with Gasteiger partial charge in [-0.2, -0.15) is 0 Å². The fraction of sp³-hybridized carbons (Fsp3) is 0.860. The maximum absolute atomic E-state index is 12.7. The molecule has 0 saturated carbocycles. The van der Waals surface area contributed by atoms with Crippen LogP contribution in [0.5, 0.6) is 0 Å². The van der Waals surface area contributed by atoms with Crippen LogP contribution in [0.2, 0.25) is 0 Å². The van der Waals surface area contributed by atoms with Crippen LogP contribution in [0.3, 0.4) is 0 Å². The van der Waals surface area contributed by atoms with Gasteiger partial charge in [-0.15, -0.1) is 0 Å². The number of phosphoric acid groups is 1. The van der Waals surface area contributed by atoms with E-state index < -0.39 is 26.5 Å². The smallest absolute Gasteiger partial charge is 0.462 e. The summed E-state index contributed by atoms with van der Waals surface area (Å²) < 4.78 is 32.9. The van der Waals surface area contributed by atoms with Crippen LogP contribution in [0.25, 0.3) is 0 Å². The van der Waals surface area contributed by atoms with Crippen LogP contribution in [0, 0.1) is 0 Å². The van der Waals surface area contributed by atoms with Gasteiger partial charge >= 0.3 is 19.8 Å². The van der Waals surface area contributed by atoms with Crippen LogP contribution in [0.1, 0.15) is 284 Å². The van der Waals surface area contributed by atoms with E-state index in [1.165, 1.54) is 186 Å². The average Bonchev–Trinajstić information content (AvgIpc) is 3.32. The van der Waals surface area contributed by atoms with Gasteiger partial charge in [0.1, 0.15) is 6.61 Å². The first-order chi connectivity index (χ1) is 32.8. The molecule has 2 unspecified atom stereocenters. The van der Waals surface area contributed by atoms with E-state index >= 15 is 0 Å². The second-order valence-corrected chi connectivity index (χ2v) is 20.6. The minimum absolute atomic E-state index is 0.0539. The second kappa shape index (κ2) is 53.6. The van der Waals surface area contributed by atoms with Crippen LogP contribution in [-0.4, -0.2) is 49.3 Å². The molecule has 3 N–H and O–H groups in total. The molecule has 10 heteroatoms. The summed E-state index contributed by atoms with van der Waals surface area (Å²) >= 11 is 0. The van der Waals surface area contributed by atoms with E-state index in [0.29, 0.717) is 6.42 Å². The molecule has 0 fully saturated rings. The summed E-state index contributed by atoms with van der Waals surface area (Å²) in [5.41, 5.74) is 5.36. The number of nitrogens with two attached hydrogens (primary N) is 1. The summed E-state index contributed by atoms with van der Waals surface area (Å²) in [6, 6.07) is 0. The van der Waals surface area contributed by atoms with Gasteiger partial charge < -0.3 is 20.1 Å². The topological polar surface area (TPSA) is 134 Å². The van der Waals surface area contributed by atoms with Crippen molar-refractivity contribution in [3.8, 4) is 0 Å². The van der Waals surface area contributed by atoms with Gasteiger partial charge in [-0.25, -0.2) is 4.57 Å². The molecule has 0 saturated heterocycles. The number of rotatable bonds is 54. The number of hydrogen-bond acceptors (Lipinski definition) is 8. The lowest BCUT2D eigenvalue weighted by Gasteiger charge is -2.19. The first-order valence-corrected chi connectivity index (χ1v) is 30.0. The van der Waals surface area contributed by atoms with Crippen molar-refractivity contribution in [3.63, 3.8) is 0 Å². The van der Waals surface area contributed by atoms with E-state index in [0.717, 1.165) is 64.2 Å². The zero-order chi connectivity index (χ0) is 48.8. The summed E-state index contributed by atoms with van der Waals surface area (Å²) in [6.45, 7) is 3.71. The maximum Gasteiger partial charge on any atom is 0.472 e. The highest BCUT2D eigenvalue weighted by Crippen LogP contribution is 2.43. The van der Waals surface area contributed by atoms with Gasteiger partial charge in [-0.05, 0) is 64.2 Å². The van der Waals surface area contributed by atoms with Crippen molar-refractivity contribution in [1.82, 2.24) is 0 Å². The number of allylic oxidation sites excluding steroid dienone is 6. The number of hydrogen-bond donors (Lipinski definition) is 2. The second-order valence-electron chi connectivity index (χ2n) is 19.2. The van der Waals surface area contributed by atoms with E-state index in [9.17, 15) is 19.0 Å². The number of phosphoric ester groups is 1. The minimum atomic E-state index is -4.38. The summed E-state index contributed by atoms with van der Waals surface area (Å²) in [5.74, 6) is -0.829. The normalized spacial score (nSPS) is 13.3. The van der Waals surface area contributed by atoms with Gasteiger partial charge in [-0.3, -0.25) is 18.6 Å². The Balaban J connectivity index is 3.77. The molecule has 0 aliphatic carbocycles. The molecule has 0 aliphatic rings. The zero-order valence-corrected chi connectivity index (χ0v) is 44.8. The van der Waals surface area contributed by atoms with Crippen molar-refractivity contribution in [2.45, 2.75) is 290 Å². The van der Waals surface area contributed by atoms with Gasteiger partial charge in [0, 0.05) is 19.4 Å². The lowest BCUT2D eigenvalue weighted by Crippen LogP contribution is -2.29. The molecule has 0 aromatic carbocycles. The third kappa shape index (κ3) is 53.4. The molecule has 0 radical (unpaired) electrons. The van der Waals surface area contributed by atoms with Gasteiger partial charge in [0.05, 0.1) is 13.2 Å². The number of esters is 2. The number of carbonyl (C=O) groups is 2. The molecule has 0 spiro atoms. The Bertz CT molecular complexity index is 1190. The molecule has 0 aliphatic heterocycles. The van der Waals surface area contributed by atoms with E-state index in [2.05, 4.69) is 50.3 Å². The summed E-state index contributed by atoms with van der Waals surface area (Å²) in [7, 11) is -4.38. The molecule has 67 heavy (non-hydrogen) atoms. The van der Waals surface area contributed by atoms with E-state index in [1.54, 1.807) is 0 Å². The average molecular weight is 966 g/mol. The predicted octanol–water partition coefficient (Wildman–Crippen LogP) is 17.6. The first-order valence-electron chi connectivity index (χ1n) is 28.5. The van der Waals surface area contributed by atoms with E-state index in [4.69, 9.17) is 24.3 Å². The Morgan fingerprint density at radius 3 is 1.19 bits per heavy atom. The number of carbonyl (C=O) groups excluding carboxylic acids is 2. The fourth-order valence-corrected chi connectivity index (χ4v) is 9.00. The highest BCUT2D eigenvalue weighted by Gasteiger charge is 2.26. The van der Waals surface area contributed by atoms with Gasteiger partial charge in [0.2, 0.25) is 0 Å². The molecule has 0 aromatic heterocycles. The van der Waals surface area contributed by atoms with Crippen LogP contribution in [0.4, 0.5) is 0 Å². The van der Waals surface area contributed by atoms with Crippen LogP contribution >= 0.6 is 7.82 Å². The molecule has 0 amide bonds. The zero-order valence-electron chi connectivity index (χ0n) is 43.9. The Hall–Kier alpha value is -1.77. The summed E-state index contributed by atoms with van der Waals surface area (Å²) in [6.07, 6.45) is 63.8. The standard InChI is InChI=1S/C57H108NO8P/c1-3-5-7-9-11-13-15-16-17-18-19-20-21-22-23-24-25-26-27-28-29-30-31-32-33-34-35-36-37-38-40-42-44-46-48-50-57(60)66-55(54-65-67(61,62)64-52-51-58)53-63-56(59)49-47-45-43-41-39-14-12-10-8-6-4-2/h10,12,15-16,18-19,55H,3-9,11,13-14,17,20-54,58H2,1-2H3,(H,61,62)/b12-10-,16-15-,19-18-. The third-order valence-corrected chi connectivity index (χ3v) is 13.5. The van der Waals surface area contributed by atoms with Crippen molar-refractivity contribution in [1.29, 1.82) is 0 Å². The molecule has 9 nitrogen and oxygen atoms in total. The molecule has 0 bridgehead atoms. The Kier molecular flexibility index (Phi) is 52.2. The summed E-state index contributed by atoms with van der Waals surface area (Å²) in [5, 5.41) is 0. The Morgan fingerprint density at radius 1 is 0.448 bits per heavy atom. The Morgan fingerprint density at radius 2 is 0.791 bits per heavy atom. The molecule has 2 atom stereocenters. The lowest BCUT2D eigenvalue weighted by atomic mass is 10.0. The monoisotopic (exact) mass is 966 g/mol. The van der Waals surface area contributed by atoms with Crippen LogP contribution in [-0.2, 0) is 32.7 Å². The van der Waals surface area contributed by atoms with Crippen molar-refractivity contribution < 1.29 is 37.6 Å². The quantitative estimate of drug-likeness (QED) is 0.0264. The highest BCUT2D eigenvalue weighted by molar-refractivity contribution is 7.47.